The fourth-order valence-electron chi connectivity index (χ4n) is 3.75. The molecule has 7 nitrogen and oxygen atoms in total. The monoisotopic (exact) mass is 477 g/mol. The number of ketones is 1. The minimum absolute atomic E-state index is 0.0575. The maximum Gasteiger partial charge on any atom is 0.301 e. The molecule has 1 saturated heterocycles. The Labute approximate surface area is 197 Å². The summed E-state index contributed by atoms with van der Waals surface area (Å²) in [4.78, 5) is 36.4. The zero-order valence-electron chi connectivity index (χ0n) is 17.2. The highest BCUT2D eigenvalue weighted by Crippen LogP contribution is 2.44. The first kappa shape index (κ1) is 21.1. The molecule has 1 fully saturated rings. The van der Waals surface area contributed by atoms with E-state index in [4.69, 9.17) is 16.3 Å². The van der Waals surface area contributed by atoms with Crippen molar-refractivity contribution in [2.24, 2.45) is 0 Å². The first-order valence-corrected chi connectivity index (χ1v) is 11.1. The summed E-state index contributed by atoms with van der Waals surface area (Å²) in [6.45, 7) is 0. The zero-order chi connectivity index (χ0) is 23.1. The van der Waals surface area contributed by atoms with Gasteiger partial charge in [-0.15, -0.1) is 0 Å². The molecule has 0 aliphatic carbocycles. The van der Waals surface area contributed by atoms with Crippen LogP contribution in [-0.4, -0.2) is 33.9 Å². The number of pyridine rings is 1. The van der Waals surface area contributed by atoms with Gasteiger partial charge < -0.3 is 9.84 Å². The zero-order valence-corrected chi connectivity index (χ0v) is 18.8. The number of nitrogens with zero attached hydrogens (tertiary/aromatic N) is 3. The number of Topliss-reactive ketones (excluding diaryl/α,β-unsaturated/α-hetero) is 1. The molecule has 2 aromatic heterocycles. The van der Waals surface area contributed by atoms with E-state index in [2.05, 4.69) is 9.97 Å². The summed E-state index contributed by atoms with van der Waals surface area (Å²) in [6, 6.07) is 16.2. The van der Waals surface area contributed by atoms with E-state index in [1.54, 1.807) is 61.7 Å². The van der Waals surface area contributed by atoms with Crippen LogP contribution in [0.25, 0.3) is 16.0 Å². The van der Waals surface area contributed by atoms with Crippen molar-refractivity contribution in [3.8, 4) is 5.75 Å². The van der Waals surface area contributed by atoms with Gasteiger partial charge in [0.2, 0.25) is 0 Å². The van der Waals surface area contributed by atoms with Gasteiger partial charge in [-0.25, -0.2) is 4.98 Å². The van der Waals surface area contributed by atoms with Gasteiger partial charge in [0.15, 0.2) is 10.9 Å². The van der Waals surface area contributed by atoms with Crippen LogP contribution in [0.4, 0.5) is 5.13 Å². The van der Waals surface area contributed by atoms with Gasteiger partial charge in [0.25, 0.3) is 5.78 Å². The molecule has 1 amide bonds. The van der Waals surface area contributed by atoms with Gasteiger partial charge in [0, 0.05) is 11.2 Å². The van der Waals surface area contributed by atoms with Gasteiger partial charge in [-0.1, -0.05) is 41.1 Å². The summed E-state index contributed by atoms with van der Waals surface area (Å²) in [5.74, 6) is -1.28. The number of hydrogen-bond acceptors (Lipinski definition) is 7. The second-order valence-electron chi connectivity index (χ2n) is 7.27. The van der Waals surface area contributed by atoms with Crippen molar-refractivity contribution < 1.29 is 19.4 Å². The number of amides is 1. The van der Waals surface area contributed by atoms with Crippen LogP contribution in [0.2, 0.25) is 5.02 Å². The number of fused-ring (bicyclic) bond motifs is 1. The number of aliphatic hydroxyl groups excluding tert-OH is 1. The minimum atomic E-state index is -0.897. The summed E-state index contributed by atoms with van der Waals surface area (Å²) in [6.07, 6.45) is 1.50. The van der Waals surface area contributed by atoms with Crippen molar-refractivity contribution in [2.75, 3.05) is 12.0 Å². The third-order valence-electron chi connectivity index (χ3n) is 5.33. The van der Waals surface area contributed by atoms with Gasteiger partial charge >= 0.3 is 5.91 Å². The van der Waals surface area contributed by atoms with Gasteiger partial charge in [0.1, 0.15) is 11.4 Å². The first-order chi connectivity index (χ1) is 16.0. The number of thiazole rings is 1. The van der Waals surface area contributed by atoms with Crippen molar-refractivity contribution in [1.82, 2.24) is 9.97 Å². The number of methoxy groups -OCH3 is 1. The molecule has 0 bridgehead atoms. The highest BCUT2D eigenvalue weighted by Gasteiger charge is 2.48. The van der Waals surface area contributed by atoms with E-state index >= 15 is 0 Å². The van der Waals surface area contributed by atoms with Crippen molar-refractivity contribution in [3.05, 3.63) is 88.7 Å². The maximum atomic E-state index is 13.2. The normalized spacial score (nSPS) is 17.6. The van der Waals surface area contributed by atoms with Crippen molar-refractivity contribution in [3.63, 3.8) is 0 Å². The lowest BCUT2D eigenvalue weighted by atomic mass is 9.96. The Bertz CT molecular complexity index is 1420. The Morgan fingerprint density at radius 3 is 2.61 bits per heavy atom. The van der Waals surface area contributed by atoms with Crippen molar-refractivity contribution in [2.45, 2.75) is 6.04 Å². The Balaban J connectivity index is 1.72. The van der Waals surface area contributed by atoms with Gasteiger partial charge in [-0.05, 0) is 48.0 Å². The van der Waals surface area contributed by atoms with Crippen molar-refractivity contribution in [1.29, 1.82) is 0 Å². The fourth-order valence-corrected chi connectivity index (χ4v) is 4.90. The highest BCUT2D eigenvalue weighted by molar-refractivity contribution is 7.22. The van der Waals surface area contributed by atoms with E-state index < -0.39 is 17.7 Å². The van der Waals surface area contributed by atoms with Crippen LogP contribution in [0, 0.1) is 0 Å². The number of aliphatic hydroxyl groups is 1. The van der Waals surface area contributed by atoms with Gasteiger partial charge in [0.05, 0.1) is 28.9 Å². The van der Waals surface area contributed by atoms with Crippen LogP contribution in [0.15, 0.2) is 72.4 Å². The van der Waals surface area contributed by atoms with Crippen molar-refractivity contribution >= 4 is 55.7 Å². The summed E-state index contributed by atoms with van der Waals surface area (Å²) in [7, 11) is 1.57. The Hall–Kier alpha value is -3.75. The predicted molar refractivity (Wildman–Crippen MR) is 127 cm³/mol. The first-order valence-electron chi connectivity index (χ1n) is 9.90. The molecule has 33 heavy (non-hydrogen) atoms. The number of rotatable bonds is 4. The molecule has 0 radical (unpaired) electrons. The largest absolute Gasteiger partial charge is 0.505 e. The molecule has 1 unspecified atom stereocenters. The van der Waals surface area contributed by atoms with Gasteiger partial charge in [-0.3, -0.25) is 19.5 Å². The fraction of sp³-hybridized carbons (Fsp3) is 0.0833. The maximum absolute atomic E-state index is 13.2. The molecule has 1 atom stereocenters. The van der Waals surface area contributed by atoms with E-state index in [0.29, 0.717) is 27.0 Å². The number of aromatic nitrogens is 2. The summed E-state index contributed by atoms with van der Waals surface area (Å²) < 4.78 is 6.08. The number of carbonyl (C=O) groups is 2. The van der Waals surface area contributed by atoms with Crippen LogP contribution in [-0.2, 0) is 9.59 Å². The van der Waals surface area contributed by atoms with Crippen LogP contribution in [0.5, 0.6) is 5.75 Å². The Kier molecular flexibility index (Phi) is 5.32. The molecule has 0 spiro atoms. The Morgan fingerprint density at radius 2 is 1.91 bits per heavy atom. The smallest absolute Gasteiger partial charge is 0.301 e. The molecule has 4 aromatic rings. The molecule has 1 aliphatic heterocycles. The molecular weight excluding hydrogens is 462 g/mol. The molecule has 164 valence electrons. The molecule has 5 rings (SSSR count). The number of hydrogen-bond donors (Lipinski definition) is 1. The lowest BCUT2D eigenvalue weighted by Crippen LogP contribution is -2.29. The van der Waals surface area contributed by atoms with E-state index in [9.17, 15) is 14.7 Å². The SMILES string of the molecule is COc1ccc2nc(N3C(=O)C(=O)/C(=C(/O)c4ccccn4)C3c3ccc(Cl)cc3)sc2c1. The van der Waals surface area contributed by atoms with E-state index in [1.165, 1.54) is 22.4 Å². The summed E-state index contributed by atoms with van der Waals surface area (Å²) >= 11 is 7.32. The van der Waals surface area contributed by atoms with Crippen LogP contribution < -0.4 is 9.64 Å². The average molecular weight is 478 g/mol. The Morgan fingerprint density at radius 1 is 1.12 bits per heavy atom. The number of anilines is 1. The number of ether oxygens (including phenoxy) is 1. The molecule has 1 N–H and O–H groups in total. The summed E-state index contributed by atoms with van der Waals surface area (Å²) in [5.41, 5.74) is 1.41. The number of benzene rings is 2. The quantitative estimate of drug-likeness (QED) is 0.253. The average Bonchev–Trinajstić information content (AvgIpc) is 3.37. The van der Waals surface area contributed by atoms with E-state index in [0.717, 1.165) is 4.70 Å². The predicted octanol–water partition coefficient (Wildman–Crippen LogP) is 4.98. The highest BCUT2D eigenvalue weighted by atomic mass is 35.5. The third kappa shape index (κ3) is 3.63. The lowest BCUT2D eigenvalue weighted by molar-refractivity contribution is -0.132. The van der Waals surface area contributed by atoms with Crippen LogP contribution in [0.3, 0.4) is 0 Å². The van der Waals surface area contributed by atoms with Crippen LogP contribution in [0.1, 0.15) is 17.3 Å². The lowest BCUT2D eigenvalue weighted by Gasteiger charge is -2.22. The van der Waals surface area contributed by atoms with Gasteiger partial charge in [-0.2, -0.15) is 0 Å². The van der Waals surface area contributed by atoms with Crippen LogP contribution >= 0.6 is 22.9 Å². The standard InChI is InChI=1S/C24H16ClN3O4S/c1-32-15-9-10-16-18(12-15)33-24(27-16)28-20(13-5-7-14(25)8-6-13)19(22(30)23(28)31)21(29)17-4-2-3-11-26-17/h2-12,20,29H,1H3/b21-19+. The third-order valence-corrected chi connectivity index (χ3v) is 6.60. The topological polar surface area (TPSA) is 92.6 Å². The van der Waals surface area contributed by atoms with E-state index in [-0.39, 0.29) is 17.0 Å². The molecular formula is C24H16ClN3O4S. The second kappa shape index (κ2) is 8.31. The minimum Gasteiger partial charge on any atom is -0.505 e. The molecule has 0 saturated carbocycles. The second-order valence-corrected chi connectivity index (χ2v) is 8.71. The summed E-state index contributed by atoms with van der Waals surface area (Å²) in [5, 5.41) is 11.9. The molecule has 3 heterocycles. The molecule has 1 aliphatic rings. The number of halogens is 1. The molecule has 2 aromatic carbocycles. The number of carbonyl (C=O) groups excluding carboxylic acids is 2. The van der Waals surface area contributed by atoms with E-state index in [1.807, 2.05) is 6.07 Å². The molecule has 9 heteroatoms.